The van der Waals surface area contributed by atoms with Crippen LogP contribution >= 0.6 is 11.3 Å². The fourth-order valence-electron chi connectivity index (χ4n) is 1.77. The second-order valence-electron chi connectivity index (χ2n) is 3.92. The molecule has 2 aromatic rings. The summed E-state index contributed by atoms with van der Waals surface area (Å²) < 4.78 is 0. The minimum absolute atomic E-state index is 1.18. The van der Waals surface area contributed by atoms with Crippen molar-refractivity contribution in [3.8, 4) is 0 Å². The summed E-state index contributed by atoms with van der Waals surface area (Å²) in [5.41, 5.74) is 0. The van der Waals surface area contributed by atoms with Crippen LogP contribution < -0.4 is 0 Å². The van der Waals surface area contributed by atoms with E-state index in [-0.39, 0.29) is 0 Å². The van der Waals surface area contributed by atoms with Crippen molar-refractivity contribution in [1.29, 1.82) is 0 Å². The number of aromatic nitrogens is 1. The van der Waals surface area contributed by atoms with Gasteiger partial charge in [-0.05, 0) is 25.0 Å². The summed E-state index contributed by atoms with van der Waals surface area (Å²) in [6.07, 6.45) is 8.46. The Bertz CT molecular complexity index is 386. The van der Waals surface area contributed by atoms with Crippen molar-refractivity contribution in [3.05, 3.63) is 29.3 Å². The molecule has 0 aliphatic rings. The van der Waals surface area contributed by atoms with Gasteiger partial charge in [0.05, 0.1) is 0 Å². The van der Waals surface area contributed by atoms with Crippen molar-refractivity contribution in [2.45, 2.75) is 39.0 Å². The van der Waals surface area contributed by atoms with Crippen molar-refractivity contribution in [2.24, 2.45) is 0 Å². The number of nitrogens with zero attached hydrogens (tertiary/aromatic N) is 1. The summed E-state index contributed by atoms with van der Waals surface area (Å²) >= 11 is 1.84. The van der Waals surface area contributed by atoms with Crippen LogP contribution in [0.5, 0.6) is 0 Å². The standard InChI is InChI=1S/C13H17NS/c1-2-3-4-5-8-12-10-11-7-6-9-14-13(11)15-12/h6-7,9-10H,2-5,8H2,1H3. The molecule has 15 heavy (non-hydrogen) atoms. The topological polar surface area (TPSA) is 12.9 Å². The Labute approximate surface area is 95.2 Å². The Morgan fingerprint density at radius 1 is 1.27 bits per heavy atom. The lowest BCUT2D eigenvalue weighted by Crippen LogP contribution is -1.80. The largest absolute Gasteiger partial charge is 0.245 e. The molecule has 0 amide bonds. The fraction of sp³-hybridized carbons (Fsp3) is 0.462. The Hall–Kier alpha value is -0.890. The maximum Gasteiger partial charge on any atom is 0.123 e. The zero-order valence-corrected chi connectivity index (χ0v) is 10.0. The van der Waals surface area contributed by atoms with Crippen molar-refractivity contribution in [2.75, 3.05) is 0 Å². The molecule has 1 nitrogen and oxygen atoms in total. The molecule has 0 radical (unpaired) electrons. The first-order valence-electron chi connectivity index (χ1n) is 5.73. The normalized spacial score (nSPS) is 11.0. The van der Waals surface area contributed by atoms with E-state index in [1.54, 1.807) is 0 Å². The Balaban J connectivity index is 1.97. The molecule has 0 spiro atoms. The highest BCUT2D eigenvalue weighted by Gasteiger charge is 2.01. The van der Waals surface area contributed by atoms with E-state index < -0.39 is 0 Å². The molecule has 0 atom stereocenters. The lowest BCUT2D eigenvalue weighted by Gasteiger charge is -1.95. The van der Waals surface area contributed by atoms with E-state index in [1.165, 1.54) is 47.2 Å². The first-order chi connectivity index (χ1) is 7.40. The monoisotopic (exact) mass is 219 g/mol. The molecule has 2 heteroatoms. The summed E-state index contributed by atoms with van der Waals surface area (Å²) in [6, 6.07) is 6.45. The molecule has 0 aliphatic carbocycles. The van der Waals surface area contributed by atoms with Gasteiger partial charge < -0.3 is 0 Å². The number of unbranched alkanes of at least 4 members (excludes halogenated alkanes) is 3. The Morgan fingerprint density at radius 3 is 3.00 bits per heavy atom. The van der Waals surface area contributed by atoms with Gasteiger partial charge in [-0.25, -0.2) is 4.98 Å². The van der Waals surface area contributed by atoms with Gasteiger partial charge in [0.15, 0.2) is 0 Å². The van der Waals surface area contributed by atoms with Crippen LogP contribution in [0.2, 0.25) is 0 Å². The summed E-state index contributed by atoms with van der Waals surface area (Å²) in [7, 11) is 0. The zero-order valence-electron chi connectivity index (χ0n) is 9.20. The van der Waals surface area contributed by atoms with E-state index >= 15 is 0 Å². The lowest BCUT2D eigenvalue weighted by atomic mass is 10.1. The van der Waals surface area contributed by atoms with Gasteiger partial charge in [0, 0.05) is 16.5 Å². The second-order valence-corrected chi connectivity index (χ2v) is 5.04. The third-order valence-electron chi connectivity index (χ3n) is 2.62. The highest BCUT2D eigenvalue weighted by Crippen LogP contribution is 2.24. The molecular weight excluding hydrogens is 202 g/mol. The van der Waals surface area contributed by atoms with Gasteiger partial charge in [-0.1, -0.05) is 32.3 Å². The number of rotatable bonds is 5. The average Bonchev–Trinajstić information content (AvgIpc) is 2.67. The molecule has 0 saturated heterocycles. The Morgan fingerprint density at radius 2 is 2.20 bits per heavy atom. The molecule has 80 valence electrons. The smallest absolute Gasteiger partial charge is 0.123 e. The van der Waals surface area contributed by atoms with Crippen LogP contribution in [0.15, 0.2) is 24.4 Å². The molecule has 0 saturated carbocycles. The van der Waals surface area contributed by atoms with Gasteiger partial charge in [-0.2, -0.15) is 0 Å². The van der Waals surface area contributed by atoms with E-state index in [0.29, 0.717) is 0 Å². The van der Waals surface area contributed by atoms with Crippen molar-refractivity contribution in [1.82, 2.24) is 4.98 Å². The highest BCUT2D eigenvalue weighted by atomic mass is 32.1. The number of thiophene rings is 1. The molecule has 0 bridgehead atoms. The van der Waals surface area contributed by atoms with Crippen LogP contribution in [0.1, 0.15) is 37.5 Å². The Kier molecular flexibility index (Phi) is 3.73. The molecular formula is C13H17NS. The minimum atomic E-state index is 1.18. The number of hydrogen-bond acceptors (Lipinski definition) is 2. The summed E-state index contributed by atoms with van der Waals surface area (Å²) in [6.45, 7) is 2.25. The van der Waals surface area contributed by atoms with E-state index in [4.69, 9.17) is 0 Å². The van der Waals surface area contributed by atoms with Gasteiger partial charge in [0.2, 0.25) is 0 Å². The number of pyridine rings is 1. The SMILES string of the molecule is CCCCCCc1cc2cccnc2s1. The van der Waals surface area contributed by atoms with Gasteiger partial charge in [-0.15, -0.1) is 11.3 Å². The third kappa shape index (κ3) is 2.78. The molecule has 2 aromatic heterocycles. The van der Waals surface area contributed by atoms with E-state index in [1.807, 2.05) is 23.6 Å². The summed E-state index contributed by atoms with van der Waals surface area (Å²) in [5.74, 6) is 0. The molecule has 0 aliphatic heterocycles. The number of aryl methyl sites for hydroxylation is 1. The van der Waals surface area contributed by atoms with E-state index in [2.05, 4.69) is 24.0 Å². The molecule has 2 heterocycles. The van der Waals surface area contributed by atoms with Crippen LogP contribution in [-0.4, -0.2) is 4.98 Å². The van der Waals surface area contributed by atoms with E-state index in [9.17, 15) is 0 Å². The van der Waals surface area contributed by atoms with Crippen LogP contribution in [0, 0.1) is 0 Å². The second kappa shape index (κ2) is 5.26. The van der Waals surface area contributed by atoms with Crippen molar-refractivity contribution in [3.63, 3.8) is 0 Å². The van der Waals surface area contributed by atoms with Crippen molar-refractivity contribution >= 4 is 21.6 Å². The summed E-state index contributed by atoms with van der Waals surface area (Å²) in [4.78, 5) is 7.03. The predicted molar refractivity (Wildman–Crippen MR) is 67.5 cm³/mol. The first-order valence-corrected chi connectivity index (χ1v) is 6.55. The van der Waals surface area contributed by atoms with E-state index in [0.717, 1.165) is 0 Å². The number of hydrogen-bond donors (Lipinski definition) is 0. The van der Waals surface area contributed by atoms with Gasteiger partial charge in [0.1, 0.15) is 4.83 Å². The maximum atomic E-state index is 4.36. The average molecular weight is 219 g/mol. The molecule has 2 rings (SSSR count). The van der Waals surface area contributed by atoms with Crippen LogP contribution in [0.4, 0.5) is 0 Å². The first kappa shape index (κ1) is 10.6. The zero-order chi connectivity index (χ0) is 10.5. The van der Waals surface area contributed by atoms with Crippen LogP contribution in [0.25, 0.3) is 10.2 Å². The third-order valence-corrected chi connectivity index (χ3v) is 3.74. The van der Waals surface area contributed by atoms with Crippen LogP contribution in [0.3, 0.4) is 0 Å². The highest BCUT2D eigenvalue weighted by molar-refractivity contribution is 7.18. The predicted octanol–water partition coefficient (Wildman–Crippen LogP) is 4.42. The van der Waals surface area contributed by atoms with Gasteiger partial charge >= 0.3 is 0 Å². The molecule has 0 unspecified atom stereocenters. The fourth-order valence-corrected chi connectivity index (χ4v) is 2.81. The molecule has 0 N–H and O–H groups in total. The minimum Gasteiger partial charge on any atom is -0.245 e. The van der Waals surface area contributed by atoms with Gasteiger partial charge in [-0.3, -0.25) is 0 Å². The quantitative estimate of drug-likeness (QED) is 0.678. The number of fused-ring (bicyclic) bond motifs is 1. The molecule has 0 aromatic carbocycles. The van der Waals surface area contributed by atoms with Crippen LogP contribution in [-0.2, 0) is 6.42 Å². The van der Waals surface area contributed by atoms with Gasteiger partial charge in [0.25, 0.3) is 0 Å². The maximum absolute atomic E-state index is 4.36. The van der Waals surface area contributed by atoms with Crippen molar-refractivity contribution < 1.29 is 0 Å². The lowest BCUT2D eigenvalue weighted by molar-refractivity contribution is 0.670. The molecule has 0 fully saturated rings. The summed E-state index contributed by atoms with van der Waals surface area (Å²) in [5, 5.41) is 1.30.